The van der Waals surface area contributed by atoms with Crippen LogP contribution in [0.4, 0.5) is 5.82 Å². The first-order valence-corrected chi connectivity index (χ1v) is 10.6. The largest absolute Gasteiger partial charge is 0.461 e. The number of allylic oxidation sites excluding steroid dienone is 1. The molecule has 0 bridgehead atoms. The van der Waals surface area contributed by atoms with Crippen LogP contribution in [0.3, 0.4) is 0 Å². The highest BCUT2D eigenvalue weighted by atomic mass is 35.5. The molecular weight excluding hydrogens is 427 g/mol. The summed E-state index contributed by atoms with van der Waals surface area (Å²) in [6.45, 7) is 8.07. The van der Waals surface area contributed by atoms with E-state index in [1.807, 2.05) is 23.6 Å². The minimum Gasteiger partial charge on any atom is -0.461 e. The van der Waals surface area contributed by atoms with Crippen molar-refractivity contribution in [3.63, 3.8) is 0 Å². The highest BCUT2D eigenvalue weighted by Gasteiger charge is 2.25. The topological polar surface area (TPSA) is 75.6 Å². The SMILES string of the molecule is CCOC(=O)c1nc2cc(Cl)c(Cl)cc2nc1N1CCCN(C(=O)C=C(C)C)CC1. The summed E-state index contributed by atoms with van der Waals surface area (Å²) < 4.78 is 5.20. The fraction of sp³-hybridized carbons (Fsp3) is 0.429. The van der Waals surface area contributed by atoms with Crippen molar-refractivity contribution in [3.8, 4) is 0 Å². The lowest BCUT2D eigenvalue weighted by Crippen LogP contribution is -2.35. The van der Waals surface area contributed by atoms with Crippen LogP contribution in [-0.2, 0) is 9.53 Å². The molecule has 0 unspecified atom stereocenters. The molecular formula is C21H24Cl2N4O3. The molecule has 1 aliphatic rings. The van der Waals surface area contributed by atoms with Crippen LogP contribution >= 0.6 is 23.2 Å². The zero-order chi connectivity index (χ0) is 21.8. The summed E-state index contributed by atoms with van der Waals surface area (Å²) in [7, 11) is 0. The third-order valence-electron chi connectivity index (χ3n) is 4.68. The number of benzene rings is 1. The van der Waals surface area contributed by atoms with Crippen molar-refractivity contribution in [1.82, 2.24) is 14.9 Å². The second-order valence-corrected chi connectivity index (χ2v) is 8.07. The van der Waals surface area contributed by atoms with Gasteiger partial charge >= 0.3 is 5.97 Å². The average molecular weight is 451 g/mol. The molecule has 160 valence electrons. The van der Waals surface area contributed by atoms with Gasteiger partial charge in [-0.25, -0.2) is 14.8 Å². The number of fused-ring (bicyclic) bond motifs is 1. The Labute approximate surface area is 185 Å². The fourth-order valence-corrected chi connectivity index (χ4v) is 3.60. The van der Waals surface area contributed by atoms with Gasteiger partial charge in [-0.2, -0.15) is 0 Å². The molecule has 7 nitrogen and oxygen atoms in total. The summed E-state index contributed by atoms with van der Waals surface area (Å²) >= 11 is 12.2. The van der Waals surface area contributed by atoms with Crippen LogP contribution in [0.15, 0.2) is 23.8 Å². The molecule has 1 amide bonds. The monoisotopic (exact) mass is 450 g/mol. The van der Waals surface area contributed by atoms with Crippen LogP contribution in [-0.4, -0.2) is 59.5 Å². The maximum atomic E-state index is 12.6. The lowest BCUT2D eigenvalue weighted by atomic mass is 10.2. The summed E-state index contributed by atoms with van der Waals surface area (Å²) in [5.41, 5.74) is 2.09. The smallest absolute Gasteiger partial charge is 0.360 e. The second-order valence-electron chi connectivity index (χ2n) is 7.26. The Morgan fingerprint density at radius 3 is 2.37 bits per heavy atom. The van der Waals surface area contributed by atoms with E-state index in [0.717, 1.165) is 12.0 Å². The zero-order valence-corrected chi connectivity index (χ0v) is 18.8. The number of aromatic nitrogens is 2. The van der Waals surface area contributed by atoms with Crippen molar-refractivity contribution in [2.75, 3.05) is 37.7 Å². The maximum Gasteiger partial charge on any atom is 0.360 e. The van der Waals surface area contributed by atoms with Crippen LogP contribution in [0.25, 0.3) is 11.0 Å². The van der Waals surface area contributed by atoms with E-state index in [1.165, 1.54) is 0 Å². The molecule has 0 atom stereocenters. The van der Waals surface area contributed by atoms with Gasteiger partial charge in [0.25, 0.3) is 0 Å². The molecule has 2 heterocycles. The van der Waals surface area contributed by atoms with Crippen LogP contribution in [0.5, 0.6) is 0 Å². The molecule has 0 radical (unpaired) electrons. The standard InChI is InChI=1S/C21H24Cl2N4O3/c1-4-30-21(29)19-20(25-17-12-15(23)14(22)11-16(17)24-19)27-7-5-6-26(8-9-27)18(28)10-13(2)3/h10-12H,4-9H2,1-3H3. The van der Waals surface area contributed by atoms with Crippen LogP contribution in [0, 0.1) is 0 Å². The van der Waals surface area contributed by atoms with Gasteiger partial charge in [-0.15, -0.1) is 0 Å². The van der Waals surface area contributed by atoms with Gasteiger partial charge in [0.2, 0.25) is 5.91 Å². The number of hydrogen-bond acceptors (Lipinski definition) is 6. The Kier molecular flexibility index (Phi) is 7.15. The number of carbonyl (C=O) groups is 2. The van der Waals surface area contributed by atoms with E-state index in [-0.39, 0.29) is 18.2 Å². The van der Waals surface area contributed by atoms with Gasteiger partial charge in [-0.1, -0.05) is 28.8 Å². The van der Waals surface area contributed by atoms with Gasteiger partial charge in [0, 0.05) is 32.3 Å². The van der Waals surface area contributed by atoms with Crippen LogP contribution < -0.4 is 4.90 Å². The lowest BCUT2D eigenvalue weighted by molar-refractivity contribution is -0.125. The number of ether oxygens (including phenoxy) is 1. The van der Waals surface area contributed by atoms with Gasteiger partial charge in [0.15, 0.2) is 11.5 Å². The van der Waals surface area contributed by atoms with Gasteiger partial charge < -0.3 is 14.5 Å². The first kappa shape index (κ1) is 22.3. The molecule has 1 fully saturated rings. The molecule has 3 rings (SSSR count). The Hall–Kier alpha value is -2.38. The van der Waals surface area contributed by atoms with Gasteiger partial charge in [-0.3, -0.25) is 4.79 Å². The third-order valence-corrected chi connectivity index (χ3v) is 5.40. The predicted molar refractivity (Wildman–Crippen MR) is 118 cm³/mol. The molecule has 9 heteroatoms. The van der Waals surface area contributed by atoms with E-state index in [9.17, 15) is 9.59 Å². The maximum absolute atomic E-state index is 12.6. The highest BCUT2D eigenvalue weighted by molar-refractivity contribution is 6.42. The minimum absolute atomic E-state index is 0.00603. The molecule has 0 spiro atoms. The zero-order valence-electron chi connectivity index (χ0n) is 17.2. The molecule has 1 aromatic heterocycles. The number of esters is 1. The molecule has 0 N–H and O–H groups in total. The predicted octanol–water partition coefficient (Wildman–Crippen LogP) is 4.12. The van der Waals surface area contributed by atoms with Gasteiger partial charge in [0.05, 0.1) is 27.7 Å². The van der Waals surface area contributed by atoms with Crippen molar-refractivity contribution in [3.05, 3.63) is 39.5 Å². The van der Waals surface area contributed by atoms with Crippen molar-refractivity contribution < 1.29 is 14.3 Å². The molecule has 2 aromatic rings. The summed E-state index contributed by atoms with van der Waals surface area (Å²) in [5.74, 6) is -0.126. The third kappa shape index (κ3) is 5.02. The Balaban J connectivity index is 1.97. The number of nitrogens with zero attached hydrogens (tertiary/aromatic N) is 4. The summed E-state index contributed by atoms with van der Waals surface area (Å²) in [5, 5.41) is 0.701. The van der Waals surface area contributed by atoms with Crippen LogP contribution in [0.2, 0.25) is 10.0 Å². The summed E-state index contributed by atoms with van der Waals surface area (Å²) in [6.07, 6.45) is 2.38. The molecule has 0 saturated carbocycles. The minimum atomic E-state index is -0.547. The number of halogens is 2. The molecule has 1 aromatic carbocycles. The van der Waals surface area contributed by atoms with Crippen LogP contribution in [0.1, 0.15) is 37.7 Å². The normalized spacial score (nSPS) is 14.4. The van der Waals surface area contributed by atoms with E-state index in [0.29, 0.717) is 53.1 Å². The number of carbonyl (C=O) groups excluding carboxylic acids is 2. The average Bonchev–Trinajstić information content (AvgIpc) is 2.94. The highest BCUT2D eigenvalue weighted by Crippen LogP contribution is 2.29. The van der Waals surface area contributed by atoms with Crippen molar-refractivity contribution in [1.29, 1.82) is 0 Å². The Morgan fingerprint density at radius 2 is 1.73 bits per heavy atom. The Morgan fingerprint density at radius 1 is 1.07 bits per heavy atom. The van der Waals surface area contributed by atoms with Gasteiger partial charge in [-0.05, 0) is 39.3 Å². The molecule has 1 saturated heterocycles. The fourth-order valence-electron chi connectivity index (χ4n) is 3.29. The van der Waals surface area contributed by atoms with E-state index >= 15 is 0 Å². The number of rotatable bonds is 4. The van der Waals surface area contributed by atoms with Crippen molar-refractivity contribution in [2.24, 2.45) is 0 Å². The second kappa shape index (κ2) is 9.62. The number of amides is 1. The van der Waals surface area contributed by atoms with E-state index in [1.54, 1.807) is 25.1 Å². The quantitative estimate of drug-likeness (QED) is 0.514. The molecule has 1 aliphatic heterocycles. The molecule has 30 heavy (non-hydrogen) atoms. The lowest BCUT2D eigenvalue weighted by Gasteiger charge is -2.24. The van der Waals surface area contributed by atoms with Crippen molar-refractivity contribution >= 4 is 51.9 Å². The summed E-state index contributed by atoms with van der Waals surface area (Å²) in [6, 6.07) is 3.22. The summed E-state index contributed by atoms with van der Waals surface area (Å²) in [4.78, 5) is 37.9. The first-order valence-electron chi connectivity index (χ1n) is 9.82. The van der Waals surface area contributed by atoms with E-state index in [4.69, 9.17) is 27.9 Å². The van der Waals surface area contributed by atoms with E-state index < -0.39 is 5.97 Å². The number of anilines is 1. The molecule has 0 aliphatic carbocycles. The van der Waals surface area contributed by atoms with Crippen molar-refractivity contribution in [2.45, 2.75) is 27.2 Å². The Bertz CT molecular complexity index is 1010. The van der Waals surface area contributed by atoms with Gasteiger partial charge in [0.1, 0.15) is 0 Å². The number of hydrogen-bond donors (Lipinski definition) is 0. The first-order chi connectivity index (χ1) is 14.3. The van der Waals surface area contributed by atoms with E-state index in [2.05, 4.69) is 9.97 Å².